The first kappa shape index (κ1) is 9.90. The minimum absolute atomic E-state index is 0.335. The van der Waals surface area contributed by atoms with Crippen LogP contribution in [0.15, 0.2) is 12.1 Å². The summed E-state index contributed by atoms with van der Waals surface area (Å²) in [6.07, 6.45) is 0.999. The number of benzene rings is 1. The molecule has 0 saturated carbocycles. The molecule has 1 N–H and O–H groups in total. The molecule has 1 aromatic carbocycles. The van der Waals surface area contributed by atoms with Crippen molar-refractivity contribution in [3.63, 3.8) is 0 Å². The lowest BCUT2D eigenvalue weighted by Gasteiger charge is -2.10. The van der Waals surface area contributed by atoms with Crippen LogP contribution >= 0.6 is 0 Å². The predicted octanol–water partition coefficient (Wildman–Crippen LogP) is 2.80. The van der Waals surface area contributed by atoms with Gasteiger partial charge in [-0.2, -0.15) is 0 Å². The first-order valence-corrected chi connectivity index (χ1v) is 4.58. The average molecular weight is 180 g/mol. The molecule has 0 unspecified atom stereocenters. The van der Waals surface area contributed by atoms with Crippen molar-refractivity contribution in [2.75, 3.05) is 6.61 Å². The van der Waals surface area contributed by atoms with Crippen molar-refractivity contribution >= 4 is 0 Å². The third kappa shape index (κ3) is 2.14. The Morgan fingerprint density at radius 1 is 1.23 bits per heavy atom. The van der Waals surface area contributed by atoms with Gasteiger partial charge in [0, 0.05) is 0 Å². The van der Waals surface area contributed by atoms with E-state index in [1.54, 1.807) is 6.07 Å². The first-order chi connectivity index (χ1) is 6.16. The second-order valence-electron chi connectivity index (χ2n) is 3.18. The van der Waals surface area contributed by atoms with Crippen LogP contribution in [0.4, 0.5) is 0 Å². The van der Waals surface area contributed by atoms with Gasteiger partial charge in [0.1, 0.15) is 11.5 Å². The van der Waals surface area contributed by atoms with E-state index in [1.807, 2.05) is 19.9 Å². The molecule has 0 amide bonds. The molecule has 0 spiro atoms. The smallest absolute Gasteiger partial charge is 0.122 e. The fourth-order valence-electron chi connectivity index (χ4n) is 1.15. The van der Waals surface area contributed by atoms with Crippen LogP contribution in [0, 0.1) is 13.8 Å². The fourth-order valence-corrected chi connectivity index (χ4v) is 1.15. The van der Waals surface area contributed by atoms with E-state index >= 15 is 0 Å². The summed E-state index contributed by atoms with van der Waals surface area (Å²) in [4.78, 5) is 0. The van der Waals surface area contributed by atoms with Gasteiger partial charge in [-0.25, -0.2) is 0 Å². The van der Waals surface area contributed by atoms with Gasteiger partial charge in [0.05, 0.1) is 6.61 Å². The highest BCUT2D eigenvalue weighted by Crippen LogP contribution is 2.27. The largest absolute Gasteiger partial charge is 0.508 e. The second-order valence-corrected chi connectivity index (χ2v) is 3.18. The Kier molecular flexibility index (Phi) is 3.18. The molecule has 2 nitrogen and oxygen atoms in total. The Hall–Kier alpha value is -1.18. The molecule has 1 aromatic rings. The summed E-state index contributed by atoms with van der Waals surface area (Å²) in [5.74, 6) is 1.21. The highest BCUT2D eigenvalue weighted by molar-refractivity contribution is 5.46. The topological polar surface area (TPSA) is 29.5 Å². The standard InChI is InChI=1S/C11H16O2/c1-4-7-13-11-6-5-10(12)8(2)9(11)3/h5-6,12H,4,7H2,1-3H3. The van der Waals surface area contributed by atoms with E-state index < -0.39 is 0 Å². The zero-order chi connectivity index (χ0) is 9.84. The van der Waals surface area contributed by atoms with E-state index in [0.29, 0.717) is 5.75 Å². The van der Waals surface area contributed by atoms with Gasteiger partial charge in [-0.15, -0.1) is 0 Å². The molecule has 1 rings (SSSR count). The van der Waals surface area contributed by atoms with Crippen LogP contribution in [-0.4, -0.2) is 11.7 Å². The van der Waals surface area contributed by atoms with Gasteiger partial charge < -0.3 is 9.84 Å². The van der Waals surface area contributed by atoms with Gasteiger partial charge in [0.25, 0.3) is 0 Å². The SMILES string of the molecule is CCCOc1ccc(O)c(C)c1C. The second kappa shape index (κ2) is 4.17. The lowest BCUT2D eigenvalue weighted by Crippen LogP contribution is -1.97. The maximum absolute atomic E-state index is 9.39. The van der Waals surface area contributed by atoms with Crippen molar-refractivity contribution in [3.8, 4) is 11.5 Å². The van der Waals surface area contributed by atoms with E-state index in [9.17, 15) is 5.11 Å². The summed E-state index contributed by atoms with van der Waals surface area (Å²) in [7, 11) is 0. The first-order valence-electron chi connectivity index (χ1n) is 4.58. The van der Waals surface area contributed by atoms with Crippen LogP contribution in [0.25, 0.3) is 0 Å². The molecule has 2 heteroatoms. The van der Waals surface area contributed by atoms with Crippen molar-refractivity contribution in [2.45, 2.75) is 27.2 Å². The van der Waals surface area contributed by atoms with Gasteiger partial charge in [-0.05, 0) is 43.5 Å². The molecule has 0 saturated heterocycles. The number of phenolic OH excluding ortho intramolecular Hbond substituents is 1. The van der Waals surface area contributed by atoms with E-state index in [0.717, 1.165) is 29.9 Å². The van der Waals surface area contributed by atoms with Gasteiger partial charge in [-0.3, -0.25) is 0 Å². The number of rotatable bonds is 3. The van der Waals surface area contributed by atoms with Crippen LogP contribution in [0.1, 0.15) is 24.5 Å². The highest BCUT2D eigenvalue weighted by Gasteiger charge is 2.05. The fraction of sp³-hybridized carbons (Fsp3) is 0.455. The monoisotopic (exact) mass is 180 g/mol. The van der Waals surface area contributed by atoms with Crippen molar-refractivity contribution in [1.29, 1.82) is 0 Å². The van der Waals surface area contributed by atoms with Crippen molar-refractivity contribution in [1.82, 2.24) is 0 Å². The summed E-state index contributed by atoms with van der Waals surface area (Å²) in [5, 5.41) is 9.39. The molecule has 0 heterocycles. The molecule has 72 valence electrons. The van der Waals surface area contributed by atoms with Crippen LogP contribution in [0.3, 0.4) is 0 Å². The zero-order valence-corrected chi connectivity index (χ0v) is 8.42. The molecular weight excluding hydrogens is 164 g/mol. The minimum Gasteiger partial charge on any atom is -0.508 e. The van der Waals surface area contributed by atoms with Gasteiger partial charge in [0.15, 0.2) is 0 Å². The Morgan fingerprint density at radius 2 is 1.92 bits per heavy atom. The Bertz CT molecular complexity index is 292. The minimum atomic E-state index is 0.335. The van der Waals surface area contributed by atoms with Crippen molar-refractivity contribution in [3.05, 3.63) is 23.3 Å². The lowest BCUT2D eigenvalue weighted by atomic mass is 10.1. The van der Waals surface area contributed by atoms with E-state index in [2.05, 4.69) is 6.92 Å². The number of phenols is 1. The molecule has 0 radical (unpaired) electrons. The summed E-state index contributed by atoms with van der Waals surface area (Å²) >= 11 is 0. The number of ether oxygens (including phenoxy) is 1. The predicted molar refractivity (Wildman–Crippen MR) is 53.4 cm³/mol. The molecule has 0 bridgehead atoms. The summed E-state index contributed by atoms with van der Waals surface area (Å²) < 4.78 is 5.51. The Balaban J connectivity index is 2.90. The lowest BCUT2D eigenvalue weighted by molar-refractivity contribution is 0.314. The molecule has 0 aliphatic carbocycles. The zero-order valence-electron chi connectivity index (χ0n) is 8.42. The normalized spacial score (nSPS) is 10.1. The van der Waals surface area contributed by atoms with Crippen molar-refractivity contribution in [2.24, 2.45) is 0 Å². The Morgan fingerprint density at radius 3 is 2.54 bits per heavy atom. The third-order valence-corrected chi connectivity index (χ3v) is 2.17. The Labute approximate surface area is 79.2 Å². The van der Waals surface area contributed by atoms with E-state index in [1.165, 1.54) is 0 Å². The van der Waals surface area contributed by atoms with Crippen LogP contribution in [-0.2, 0) is 0 Å². The maximum atomic E-state index is 9.39. The maximum Gasteiger partial charge on any atom is 0.122 e. The third-order valence-electron chi connectivity index (χ3n) is 2.17. The van der Waals surface area contributed by atoms with Crippen LogP contribution in [0.2, 0.25) is 0 Å². The number of hydrogen-bond donors (Lipinski definition) is 1. The highest BCUT2D eigenvalue weighted by atomic mass is 16.5. The van der Waals surface area contributed by atoms with Crippen LogP contribution in [0.5, 0.6) is 11.5 Å². The number of hydrogen-bond acceptors (Lipinski definition) is 2. The summed E-state index contributed by atoms with van der Waals surface area (Å²) in [6.45, 7) is 6.65. The molecule has 0 aromatic heterocycles. The van der Waals surface area contributed by atoms with E-state index in [4.69, 9.17) is 4.74 Å². The summed E-state index contributed by atoms with van der Waals surface area (Å²) in [5.41, 5.74) is 1.92. The van der Waals surface area contributed by atoms with Gasteiger partial charge >= 0.3 is 0 Å². The molecule has 0 aliphatic heterocycles. The molecule has 0 aliphatic rings. The summed E-state index contributed by atoms with van der Waals surface area (Å²) in [6, 6.07) is 3.49. The quantitative estimate of drug-likeness (QED) is 0.775. The number of aromatic hydroxyl groups is 1. The molecular formula is C11H16O2. The van der Waals surface area contributed by atoms with Gasteiger partial charge in [-0.1, -0.05) is 6.92 Å². The average Bonchev–Trinajstić information content (AvgIpc) is 2.13. The molecule has 13 heavy (non-hydrogen) atoms. The molecule has 0 atom stereocenters. The van der Waals surface area contributed by atoms with E-state index in [-0.39, 0.29) is 0 Å². The van der Waals surface area contributed by atoms with Gasteiger partial charge in [0.2, 0.25) is 0 Å². The van der Waals surface area contributed by atoms with Crippen LogP contribution < -0.4 is 4.74 Å². The van der Waals surface area contributed by atoms with Crippen molar-refractivity contribution < 1.29 is 9.84 Å². The molecule has 0 fully saturated rings.